The Morgan fingerprint density at radius 1 is 1.35 bits per heavy atom. The van der Waals surface area contributed by atoms with Crippen molar-refractivity contribution >= 4 is 28.9 Å². The summed E-state index contributed by atoms with van der Waals surface area (Å²) in [5.41, 5.74) is 0.666. The number of amides is 1. The highest BCUT2D eigenvalue weighted by Gasteiger charge is 2.27. The van der Waals surface area contributed by atoms with Crippen molar-refractivity contribution in [2.75, 3.05) is 26.3 Å². The van der Waals surface area contributed by atoms with Crippen LogP contribution in [0.4, 0.5) is 4.39 Å². The lowest BCUT2D eigenvalue weighted by molar-refractivity contribution is -0.113. The van der Waals surface area contributed by atoms with Gasteiger partial charge in [0, 0.05) is 13.1 Å². The molecule has 4 nitrogen and oxygen atoms in total. The number of hydrogen-bond acceptors (Lipinski definition) is 4. The number of carbonyl (C=O) groups is 1. The van der Waals surface area contributed by atoms with E-state index < -0.39 is 0 Å². The van der Waals surface area contributed by atoms with Crippen LogP contribution in [0.5, 0.6) is 0 Å². The fourth-order valence-electron chi connectivity index (χ4n) is 2.04. The normalized spacial score (nSPS) is 21.4. The van der Waals surface area contributed by atoms with Crippen LogP contribution in [0.2, 0.25) is 0 Å². The van der Waals surface area contributed by atoms with Crippen LogP contribution in [0.3, 0.4) is 0 Å². The van der Waals surface area contributed by atoms with Gasteiger partial charge in [-0.2, -0.15) is 4.99 Å². The number of hydrogen-bond donors (Lipinski definition) is 0. The average molecular weight is 292 g/mol. The van der Waals surface area contributed by atoms with Crippen LogP contribution in [0.1, 0.15) is 5.56 Å². The Bertz CT molecular complexity index is 595. The molecule has 1 aromatic carbocycles. The maximum Gasteiger partial charge on any atom is 0.286 e. The zero-order chi connectivity index (χ0) is 13.9. The van der Waals surface area contributed by atoms with Crippen LogP contribution in [-0.4, -0.2) is 42.3 Å². The summed E-state index contributed by atoms with van der Waals surface area (Å²) < 4.78 is 18.4. The van der Waals surface area contributed by atoms with Gasteiger partial charge in [0.05, 0.1) is 18.1 Å². The summed E-state index contributed by atoms with van der Waals surface area (Å²) in [5.74, 6) is -0.579. The number of thioether (sulfide) groups is 1. The van der Waals surface area contributed by atoms with Gasteiger partial charge in [-0.15, -0.1) is 0 Å². The SMILES string of the molecule is O=C1N=C(N2CCOCC2)S/C1=C/c1cccc(F)c1. The van der Waals surface area contributed by atoms with E-state index in [9.17, 15) is 9.18 Å². The molecule has 0 saturated carbocycles. The largest absolute Gasteiger partial charge is 0.378 e. The molecule has 1 saturated heterocycles. The Kier molecular flexibility index (Phi) is 3.84. The van der Waals surface area contributed by atoms with E-state index in [-0.39, 0.29) is 11.7 Å². The average Bonchev–Trinajstić information content (AvgIpc) is 2.81. The van der Waals surface area contributed by atoms with Crippen LogP contribution in [0.15, 0.2) is 34.2 Å². The van der Waals surface area contributed by atoms with E-state index in [0.717, 1.165) is 13.1 Å². The monoisotopic (exact) mass is 292 g/mol. The van der Waals surface area contributed by atoms with E-state index in [4.69, 9.17) is 4.74 Å². The van der Waals surface area contributed by atoms with Crippen LogP contribution in [-0.2, 0) is 9.53 Å². The van der Waals surface area contributed by atoms with E-state index in [2.05, 4.69) is 4.99 Å². The minimum atomic E-state index is -0.316. The van der Waals surface area contributed by atoms with Crippen molar-refractivity contribution in [2.24, 2.45) is 4.99 Å². The molecular weight excluding hydrogens is 279 g/mol. The van der Waals surface area contributed by atoms with Crippen molar-refractivity contribution in [3.8, 4) is 0 Å². The fraction of sp³-hybridized carbons (Fsp3) is 0.286. The highest BCUT2D eigenvalue weighted by atomic mass is 32.2. The molecule has 6 heteroatoms. The highest BCUT2D eigenvalue weighted by Crippen LogP contribution is 2.30. The summed E-state index contributed by atoms with van der Waals surface area (Å²) in [6.45, 7) is 2.78. The first-order chi connectivity index (χ1) is 9.72. The Morgan fingerprint density at radius 3 is 2.90 bits per heavy atom. The Morgan fingerprint density at radius 2 is 2.15 bits per heavy atom. The van der Waals surface area contributed by atoms with Crippen molar-refractivity contribution in [3.05, 3.63) is 40.6 Å². The van der Waals surface area contributed by atoms with Crippen molar-refractivity contribution in [1.29, 1.82) is 0 Å². The van der Waals surface area contributed by atoms with Gasteiger partial charge in [-0.3, -0.25) is 4.79 Å². The minimum absolute atomic E-state index is 0.263. The van der Waals surface area contributed by atoms with E-state index >= 15 is 0 Å². The molecule has 0 atom stereocenters. The third-order valence-electron chi connectivity index (χ3n) is 3.04. The Labute approximate surface area is 120 Å². The van der Waals surface area contributed by atoms with Crippen LogP contribution < -0.4 is 0 Å². The van der Waals surface area contributed by atoms with Gasteiger partial charge in [0.2, 0.25) is 0 Å². The predicted molar refractivity (Wildman–Crippen MR) is 76.8 cm³/mol. The molecule has 2 aliphatic heterocycles. The molecule has 1 aromatic rings. The number of ether oxygens (including phenoxy) is 1. The van der Waals surface area contributed by atoms with Gasteiger partial charge in [0.25, 0.3) is 5.91 Å². The van der Waals surface area contributed by atoms with Gasteiger partial charge in [-0.1, -0.05) is 12.1 Å². The van der Waals surface area contributed by atoms with E-state index in [1.807, 2.05) is 4.90 Å². The first-order valence-electron chi connectivity index (χ1n) is 6.33. The van der Waals surface area contributed by atoms with Crippen molar-refractivity contribution in [3.63, 3.8) is 0 Å². The minimum Gasteiger partial charge on any atom is -0.378 e. The summed E-state index contributed by atoms with van der Waals surface area (Å²) in [4.78, 5) is 18.5. The molecule has 0 aliphatic carbocycles. The quantitative estimate of drug-likeness (QED) is 0.744. The molecule has 0 radical (unpaired) electrons. The summed E-state index contributed by atoms with van der Waals surface area (Å²) in [7, 11) is 0. The first kappa shape index (κ1) is 13.3. The highest BCUT2D eigenvalue weighted by molar-refractivity contribution is 8.18. The lowest BCUT2D eigenvalue weighted by Crippen LogP contribution is -2.38. The second kappa shape index (κ2) is 5.76. The van der Waals surface area contributed by atoms with Gasteiger partial charge in [0.15, 0.2) is 5.17 Å². The second-order valence-corrected chi connectivity index (χ2v) is 5.47. The molecule has 2 aliphatic rings. The second-order valence-electron chi connectivity index (χ2n) is 4.46. The molecule has 0 bridgehead atoms. The summed E-state index contributed by atoms with van der Waals surface area (Å²) >= 11 is 1.34. The molecule has 0 aromatic heterocycles. The van der Waals surface area contributed by atoms with Gasteiger partial charge in [0.1, 0.15) is 5.82 Å². The van der Waals surface area contributed by atoms with Gasteiger partial charge in [-0.05, 0) is 35.5 Å². The summed E-state index contributed by atoms with van der Waals surface area (Å²) in [6.07, 6.45) is 1.67. The van der Waals surface area contributed by atoms with Gasteiger partial charge in [-0.25, -0.2) is 4.39 Å². The molecule has 104 valence electrons. The smallest absolute Gasteiger partial charge is 0.286 e. The maximum atomic E-state index is 13.1. The third kappa shape index (κ3) is 2.91. The number of nitrogens with zero attached hydrogens (tertiary/aromatic N) is 2. The standard InChI is InChI=1S/C14H13FN2O2S/c15-11-3-1-2-10(8-11)9-12-13(18)16-14(20-12)17-4-6-19-7-5-17/h1-3,8-9H,4-7H2/b12-9+. The van der Waals surface area contributed by atoms with Crippen molar-refractivity contribution < 1.29 is 13.9 Å². The number of morpholine rings is 1. The maximum absolute atomic E-state index is 13.1. The lowest BCUT2D eigenvalue weighted by Gasteiger charge is -2.27. The molecule has 1 fully saturated rings. The number of carbonyl (C=O) groups excluding carboxylic acids is 1. The number of aliphatic imine (C=N–C) groups is 1. The Balaban J connectivity index is 1.76. The lowest BCUT2D eigenvalue weighted by atomic mass is 10.2. The molecular formula is C14H13FN2O2S. The van der Waals surface area contributed by atoms with Crippen LogP contribution in [0.25, 0.3) is 6.08 Å². The first-order valence-corrected chi connectivity index (χ1v) is 7.15. The van der Waals surface area contributed by atoms with Crippen LogP contribution >= 0.6 is 11.8 Å². The van der Waals surface area contributed by atoms with Crippen molar-refractivity contribution in [1.82, 2.24) is 4.90 Å². The van der Waals surface area contributed by atoms with Gasteiger partial charge < -0.3 is 9.64 Å². The third-order valence-corrected chi connectivity index (χ3v) is 4.08. The van der Waals surface area contributed by atoms with E-state index in [0.29, 0.717) is 28.9 Å². The zero-order valence-electron chi connectivity index (χ0n) is 10.7. The molecule has 20 heavy (non-hydrogen) atoms. The summed E-state index contributed by atoms with van der Waals surface area (Å²) in [5, 5.41) is 0.709. The number of halogens is 1. The predicted octanol–water partition coefficient (Wildman–Crippen LogP) is 2.13. The molecule has 1 amide bonds. The fourth-order valence-corrected chi connectivity index (χ4v) is 3.00. The topological polar surface area (TPSA) is 41.9 Å². The molecule has 2 heterocycles. The van der Waals surface area contributed by atoms with Gasteiger partial charge >= 0.3 is 0 Å². The molecule has 0 spiro atoms. The molecule has 3 rings (SSSR count). The number of benzene rings is 1. The van der Waals surface area contributed by atoms with E-state index in [1.54, 1.807) is 18.2 Å². The molecule has 0 N–H and O–H groups in total. The summed E-state index contributed by atoms with van der Waals surface area (Å²) in [6, 6.07) is 6.15. The zero-order valence-corrected chi connectivity index (χ0v) is 11.5. The Hall–Kier alpha value is -1.66. The van der Waals surface area contributed by atoms with Crippen LogP contribution in [0, 0.1) is 5.82 Å². The molecule has 0 unspecified atom stereocenters. The van der Waals surface area contributed by atoms with E-state index in [1.165, 1.54) is 23.9 Å². The van der Waals surface area contributed by atoms with Crippen molar-refractivity contribution in [2.45, 2.75) is 0 Å². The number of amidine groups is 1. The number of rotatable bonds is 1.